The van der Waals surface area contributed by atoms with E-state index >= 15 is 0 Å². The van der Waals surface area contributed by atoms with Crippen LogP contribution >= 0.6 is 0 Å². The van der Waals surface area contributed by atoms with Crippen LogP contribution in [0.15, 0.2) is 0 Å². The molecule has 0 aromatic heterocycles. The number of hydrogen-bond acceptors (Lipinski definition) is 3. The highest BCUT2D eigenvalue weighted by atomic mass is 16.4. The van der Waals surface area contributed by atoms with E-state index < -0.39 is 11.5 Å². The number of carboxylic acids is 1. The SMILES string of the molecule is CN(C(=O)CNC(=O)CCC1CCCC1)C1(C(=O)O)CCCCC1. The van der Waals surface area contributed by atoms with Crippen LogP contribution in [0.5, 0.6) is 0 Å². The molecular weight excluding hydrogens is 308 g/mol. The van der Waals surface area contributed by atoms with Crippen LogP contribution in [0.25, 0.3) is 0 Å². The summed E-state index contributed by atoms with van der Waals surface area (Å²) in [5.41, 5.74) is -1.11. The predicted octanol–water partition coefficient (Wildman–Crippen LogP) is 2.32. The van der Waals surface area contributed by atoms with Crippen molar-refractivity contribution in [3.8, 4) is 0 Å². The molecule has 0 aliphatic heterocycles. The van der Waals surface area contributed by atoms with E-state index in [0.29, 0.717) is 25.2 Å². The van der Waals surface area contributed by atoms with Crippen molar-refractivity contribution in [1.29, 1.82) is 0 Å². The fourth-order valence-electron chi connectivity index (χ4n) is 4.08. The van der Waals surface area contributed by atoms with Crippen LogP contribution in [0, 0.1) is 5.92 Å². The topological polar surface area (TPSA) is 86.7 Å². The van der Waals surface area contributed by atoms with Gasteiger partial charge in [0.1, 0.15) is 5.54 Å². The first-order valence-electron chi connectivity index (χ1n) is 9.22. The Morgan fingerprint density at radius 1 is 1.08 bits per heavy atom. The molecule has 2 aliphatic carbocycles. The Hall–Kier alpha value is -1.59. The van der Waals surface area contributed by atoms with Gasteiger partial charge >= 0.3 is 5.97 Å². The number of nitrogens with zero attached hydrogens (tertiary/aromatic N) is 1. The number of carboxylic acid groups (broad SMARTS) is 1. The molecule has 136 valence electrons. The summed E-state index contributed by atoms with van der Waals surface area (Å²) < 4.78 is 0. The third-order valence-electron chi connectivity index (χ3n) is 5.79. The number of amides is 2. The monoisotopic (exact) mass is 338 g/mol. The number of nitrogens with one attached hydrogen (secondary N) is 1. The molecule has 0 aromatic carbocycles. The highest BCUT2D eigenvalue weighted by Gasteiger charge is 2.45. The van der Waals surface area contributed by atoms with E-state index in [1.165, 1.54) is 30.6 Å². The molecule has 2 fully saturated rings. The molecule has 2 saturated carbocycles. The van der Waals surface area contributed by atoms with Gasteiger partial charge in [-0.2, -0.15) is 0 Å². The number of aliphatic carboxylic acids is 1. The van der Waals surface area contributed by atoms with Crippen LogP contribution in [0.3, 0.4) is 0 Å². The lowest BCUT2D eigenvalue weighted by molar-refractivity contribution is -0.160. The maximum absolute atomic E-state index is 12.4. The second-order valence-electron chi connectivity index (χ2n) is 7.32. The third kappa shape index (κ3) is 4.48. The molecule has 0 radical (unpaired) electrons. The van der Waals surface area contributed by atoms with E-state index in [9.17, 15) is 19.5 Å². The van der Waals surface area contributed by atoms with E-state index in [1.807, 2.05) is 0 Å². The second kappa shape index (κ2) is 8.49. The van der Waals surface area contributed by atoms with E-state index in [1.54, 1.807) is 7.05 Å². The summed E-state index contributed by atoms with van der Waals surface area (Å²) in [6.07, 6.45) is 9.87. The van der Waals surface area contributed by atoms with Crippen molar-refractivity contribution >= 4 is 17.8 Å². The second-order valence-corrected chi connectivity index (χ2v) is 7.32. The fourth-order valence-corrected chi connectivity index (χ4v) is 4.08. The maximum Gasteiger partial charge on any atom is 0.329 e. The van der Waals surface area contributed by atoms with Crippen LogP contribution in [0.1, 0.15) is 70.6 Å². The molecule has 6 nitrogen and oxygen atoms in total. The Balaban J connectivity index is 1.79. The van der Waals surface area contributed by atoms with E-state index in [4.69, 9.17) is 0 Å². The summed E-state index contributed by atoms with van der Waals surface area (Å²) >= 11 is 0. The smallest absolute Gasteiger partial charge is 0.329 e. The van der Waals surface area contributed by atoms with Crippen LogP contribution in [-0.4, -0.2) is 46.9 Å². The molecule has 6 heteroatoms. The van der Waals surface area contributed by atoms with Crippen molar-refractivity contribution in [1.82, 2.24) is 10.2 Å². The van der Waals surface area contributed by atoms with Gasteiger partial charge in [0.15, 0.2) is 0 Å². The minimum atomic E-state index is -1.11. The van der Waals surface area contributed by atoms with Crippen LogP contribution < -0.4 is 5.32 Å². The maximum atomic E-state index is 12.4. The summed E-state index contributed by atoms with van der Waals surface area (Å²) in [4.78, 5) is 37.4. The molecule has 24 heavy (non-hydrogen) atoms. The average molecular weight is 338 g/mol. The molecule has 2 rings (SSSR count). The van der Waals surface area contributed by atoms with Crippen LogP contribution in [0.4, 0.5) is 0 Å². The molecule has 2 aliphatic rings. The summed E-state index contributed by atoms with van der Waals surface area (Å²) in [5, 5.41) is 12.3. The van der Waals surface area contributed by atoms with E-state index in [-0.39, 0.29) is 18.4 Å². The molecule has 2 amide bonds. The molecule has 0 unspecified atom stereocenters. The number of likely N-dealkylation sites (N-methyl/N-ethyl adjacent to an activating group) is 1. The first-order valence-corrected chi connectivity index (χ1v) is 9.22. The van der Waals surface area contributed by atoms with Crippen molar-refractivity contribution in [2.45, 2.75) is 76.2 Å². The zero-order valence-corrected chi connectivity index (χ0v) is 14.7. The molecule has 0 bridgehead atoms. The highest BCUT2D eigenvalue weighted by Crippen LogP contribution is 2.33. The Morgan fingerprint density at radius 3 is 2.29 bits per heavy atom. The van der Waals surface area contributed by atoms with Gasteiger partial charge in [0.25, 0.3) is 0 Å². The number of carbonyl (C=O) groups is 3. The van der Waals surface area contributed by atoms with E-state index in [2.05, 4.69) is 5.32 Å². The van der Waals surface area contributed by atoms with Gasteiger partial charge < -0.3 is 15.3 Å². The first-order chi connectivity index (χ1) is 11.5. The molecule has 2 N–H and O–H groups in total. The lowest BCUT2D eigenvalue weighted by Crippen LogP contribution is -2.58. The molecule has 0 spiro atoms. The molecular formula is C18H30N2O4. The Bertz CT molecular complexity index is 466. The minimum absolute atomic E-state index is 0.114. The fraction of sp³-hybridized carbons (Fsp3) is 0.833. The number of hydrogen-bond donors (Lipinski definition) is 2. The van der Waals surface area contributed by atoms with Gasteiger partial charge in [0.2, 0.25) is 11.8 Å². The lowest BCUT2D eigenvalue weighted by atomic mass is 9.80. The predicted molar refractivity (Wildman–Crippen MR) is 90.4 cm³/mol. The average Bonchev–Trinajstić information content (AvgIpc) is 3.11. The van der Waals surface area contributed by atoms with Crippen molar-refractivity contribution in [3.63, 3.8) is 0 Å². The lowest BCUT2D eigenvalue weighted by Gasteiger charge is -2.41. The summed E-state index contributed by atoms with van der Waals surface area (Å²) in [5.74, 6) is -0.734. The van der Waals surface area contributed by atoms with Gasteiger partial charge in [-0.1, -0.05) is 44.9 Å². The van der Waals surface area contributed by atoms with Gasteiger partial charge in [-0.25, -0.2) is 4.79 Å². The zero-order valence-electron chi connectivity index (χ0n) is 14.7. The standard InChI is InChI=1S/C18H30N2O4/c1-20(18(17(23)24)11-5-2-6-12-18)16(22)13-19-15(21)10-9-14-7-3-4-8-14/h14H,2-13H2,1H3,(H,19,21)(H,23,24). The Kier molecular flexibility index (Phi) is 6.63. The van der Waals surface area contributed by atoms with Gasteiger partial charge in [0.05, 0.1) is 6.54 Å². The quantitative estimate of drug-likeness (QED) is 0.746. The normalized spacial score (nSPS) is 20.5. The molecule has 0 aromatic rings. The Labute approximate surface area is 144 Å². The van der Waals surface area contributed by atoms with Crippen LogP contribution in [-0.2, 0) is 14.4 Å². The van der Waals surface area contributed by atoms with Crippen molar-refractivity contribution in [3.05, 3.63) is 0 Å². The van der Waals surface area contributed by atoms with Gasteiger partial charge in [0, 0.05) is 13.5 Å². The minimum Gasteiger partial charge on any atom is -0.479 e. The van der Waals surface area contributed by atoms with Crippen molar-refractivity contribution < 1.29 is 19.5 Å². The summed E-state index contributed by atoms with van der Waals surface area (Å²) in [6.45, 7) is -0.116. The Morgan fingerprint density at radius 2 is 1.71 bits per heavy atom. The van der Waals surface area contributed by atoms with Gasteiger partial charge in [-0.15, -0.1) is 0 Å². The van der Waals surface area contributed by atoms with Crippen molar-refractivity contribution in [2.75, 3.05) is 13.6 Å². The summed E-state index contributed by atoms with van der Waals surface area (Å²) in [7, 11) is 1.55. The van der Waals surface area contributed by atoms with E-state index in [0.717, 1.165) is 25.7 Å². The van der Waals surface area contributed by atoms with Gasteiger partial charge in [-0.3, -0.25) is 9.59 Å². The molecule has 0 heterocycles. The number of rotatable bonds is 7. The number of carbonyl (C=O) groups excluding carboxylic acids is 2. The van der Waals surface area contributed by atoms with Crippen LogP contribution in [0.2, 0.25) is 0 Å². The molecule has 0 atom stereocenters. The van der Waals surface area contributed by atoms with Gasteiger partial charge in [-0.05, 0) is 25.2 Å². The third-order valence-corrected chi connectivity index (χ3v) is 5.79. The first kappa shape index (κ1) is 18.7. The van der Waals surface area contributed by atoms with Crippen molar-refractivity contribution in [2.24, 2.45) is 5.92 Å². The zero-order chi connectivity index (χ0) is 17.6. The highest BCUT2D eigenvalue weighted by molar-refractivity contribution is 5.90. The molecule has 0 saturated heterocycles. The largest absolute Gasteiger partial charge is 0.479 e. The summed E-state index contributed by atoms with van der Waals surface area (Å²) in [6, 6.07) is 0.